The number of hydrogen-bond acceptors (Lipinski definition) is 2. The van der Waals surface area contributed by atoms with Crippen molar-refractivity contribution >= 4 is 69.1 Å². The van der Waals surface area contributed by atoms with E-state index in [1.807, 2.05) is 12.1 Å². The zero-order valence-electron chi connectivity index (χ0n) is 34.9. The van der Waals surface area contributed by atoms with E-state index in [9.17, 15) is 0 Å². The third-order valence-electron chi connectivity index (χ3n) is 11.3. The van der Waals surface area contributed by atoms with Gasteiger partial charge >= 0.3 is 0 Å². The summed E-state index contributed by atoms with van der Waals surface area (Å²) in [6.45, 7) is 0. The highest BCUT2D eigenvalue weighted by Gasteiger charge is 2.11. The molecule has 0 heterocycles. The smallest absolute Gasteiger partial charge is 0.119 e. The van der Waals surface area contributed by atoms with Gasteiger partial charge in [0.05, 0.1) is 14.2 Å². The minimum absolute atomic E-state index is 0.808. The molecule has 0 aliphatic heterocycles. The van der Waals surface area contributed by atoms with E-state index in [2.05, 4.69) is 231 Å². The number of ether oxygens (including phenoxy) is 2. The van der Waals surface area contributed by atoms with Crippen LogP contribution in [0.15, 0.2) is 206 Å². The number of benzene rings is 9. The van der Waals surface area contributed by atoms with Crippen molar-refractivity contribution in [3.8, 4) is 11.5 Å². The lowest BCUT2D eigenvalue weighted by Crippen LogP contribution is -1.92. The average molecular weight is 799 g/mol. The van der Waals surface area contributed by atoms with Gasteiger partial charge in [-0.25, -0.2) is 0 Å². The molecule has 0 unspecified atom stereocenters. The van der Waals surface area contributed by atoms with Crippen LogP contribution < -0.4 is 9.47 Å². The topological polar surface area (TPSA) is 18.5 Å². The summed E-state index contributed by atoms with van der Waals surface area (Å²) < 4.78 is 11.5. The molecule has 0 bridgehead atoms. The predicted molar refractivity (Wildman–Crippen MR) is 265 cm³/mol. The molecule has 0 aromatic heterocycles. The molecule has 0 N–H and O–H groups in total. The third kappa shape index (κ3) is 8.96. The maximum Gasteiger partial charge on any atom is 0.119 e. The minimum Gasteiger partial charge on any atom is -0.497 e. The number of fused-ring (bicyclic) bond motifs is 2. The monoisotopic (exact) mass is 798 g/mol. The van der Waals surface area contributed by atoms with Gasteiger partial charge in [-0.05, 0) is 149 Å². The average Bonchev–Trinajstić information content (AvgIpc) is 3.34. The summed E-state index contributed by atoms with van der Waals surface area (Å²) >= 11 is 0. The Morgan fingerprint density at radius 3 is 0.952 bits per heavy atom. The first-order valence-corrected chi connectivity index (χ1v) is 21.0. The van der Waals surface area contributed by atoms with Crippen LogP contribution in [-0.4, -0.2) is 14.2 Å². The highest BCUT2D eigenvalue weighted by atomic mass is 16.5. The third-order valence-corrected chi connectivity index (χ3v) is 11.3. The molecular weight excluding hydrogens is 753 g/mol. The highest BCUT2D eigenvalue weighted by Crippen LogP contribution is 2.34. The van der Waals surface area contributed by atoms with Crippen LogP contribution in [0.5, 0.6) is 11.5 Å². The van der Waals surface area contributed by atoms with E-state index < -0.39 is 0 Å². The van der Waals surface area contributed by atoms with E-state index >= 15 is 0 Å². The lowest BCUT2D eigenvalue weighted by Gasteiger charge is -2.12. The normalized spacial score (nSPS) is 11.3. The Balaban J connectivity index is 1.18. The fourth-order valence-electron chi connectivity index (χ4n) is 8.04. The first-order chi connectivity index (χ1) is 30.6. The van der Waals surface area contributed by atoms with Crippen molar-refractivity contribution < 1.29 is 9.47 Å². The lowest BCUT2D eigenvalue weighted by atomic mass is 9.93. The fraction of sp³-hybridized carbons (Fsp3) is 0.0333. The Hall–Kier alpha value is -7.94. The number of methoxy groups -OCH3 is 2. The van der Waals surface area contributed by atoms with Crippen molar-refractivity contribution in [3.63, 3.8) is 0 Å². The van der Waals surface area contributed by atoms with E-state index in [1.54, 1.807) is 14.2 Å². The molecule has 0 fully saturated rings. The van der Waals surface area contributed by atoms with E-state index in [-0.39, 0.29) is 0 Å². The maximum absolute atomic E-state index is 5.77. The Morgan fingerprint density at radius 2 is 0.613 bits per heavy atom. The summed E-state index contributed by atoms with van der Waals surface area (Å²) in [6, 6.07) is 72.7. The molecular formula is C60H46O2. The largest absolute Gasteiger partial charge is 0.497 e. The molecule has 62 heavy (non-hydrogen) atoms. The van der Waals surface area contributed by atoms with Crippen molar-refractivity contribution in [3.05, 3.63) is 262 Å². The molecule has 2 nitrogen and oxygen atoms in total. The molecule has 9 aromatic rings. The van der Waals surface area contributed by atoms with Gasteiger partial charge in [-0.2, -0.15) is 0 Å². The molecule has 0 saturated heterocycles. The molecule has 0 amide bonds. The standard InChI is InChI=1S/C60H46O2/c1-61-57-33-31-43(55(39-57)41-59(45-17-7-3-8-18-45)46-19-9-4-10-20-46)27-29-51-37-53-35-49-25-15-16-26-50(49)36-54(53)38-52(51)30-28-44-32-34-58(62-2)40-56(44)42-60(47-21-11-5-12-22-47)48-23-13-6-14-24-48/h3-42H,1-2H3. The summed E-state index contributed by atoms with van der Waals surface area (Å²) in [6.07, 6.45) is 13.5. The molecule has 0 spiro atoms. The van der Waals surface area contributed by atoms with Crippen molar-refractivity contribution in [2.75, 3.05) is 14.2 Å². The minimum atomic E-state index is 0.808. The van der Waals surface area contributed by atoms with Gasteiger partial charge in [0.1, 0.15) is 11.5 Å². The molecule has 298 valence electrons. The quantitative estimate of drug-likeness (QED) is 0.0905. The zero-order valence-corrected chi connectivity index (χ0v) is 34.9. The van der Waals surface area contributed by atoms with Crippen molar-refractivity contribution in [1.82, 2.24) is 0 Å². The van der Waals surface area contributed by atoms with Crippen LogP contribution >= 0.6 is 0 Å². The van der Waals surface area contributed by atoms with Crippen LogP contribution in [0.1, 0.15) is 55.6 Å². The second kappa shape index (κ2) is 18.5. The van der Waals surface area contributed by atoms with Crippen LogP contribution in [0.4, 0.5) is 0 Å². The van der Waals surface area contributed by atoms with Gasteiger partial charge in [0.2, 0.25) is 0 Å². The summed E-state index contributed by atoms with van der Waals surface area (Å²) in [5.41, 5.74) is 13.4. The van der Waals surface area contributed by atoms with E-state index in [4.69, 9.17) is 9.47 Å². The number of rotatable bonds is 12. The van der Waals surface area contributed by atoms with Crippen molar-refractivity contribution in [2.24, 2.45) is 0 Å². The zero-order chi connectivity index (χ0) is 42.1. The lowest BCUT2D eigenvalue weighted by molar-refractivity contribution is 0.414. The van der Waals surface area contributed by atoms with E-state index in [0.29, 0.717) is 0 Å². The molecule has 0 saturated carbocycles. The summed E-state index contributed by atoms with van der Waals surface area (Å²) in [5.74, 6) is 1.62. The van der Waals surface area contributed by atoms with Gasteiger partial charge in [-0.15, -0.1) is 0 Å². The van der Waals surface area contributed by atoms with Crippen LogP contribution in [0.3, 0.4) is 0 Å². The van der Waals surface area contributed by atoms with Crippen LogP contribution in [0, 0.1) is 0 Å². The summed E-state index contributed by atoms with van der Waals surface area (Å²) in [5, 5.41) is 4.82. The van der Waals surface area contributed by atoms with Gasteiger partial charge in [0, 0.05) is 0 Å². The van der Waals surface area contributed by atoms with E-state index in [0.717, 1.165) is 78.3 Å². The Labute approximate surface area is 364 Å². The second-order valence-electron chi connectivity index (χ2n) is 15.3. The maximum atomic E-state index is 5.77. The van der Waals surface area contributed by atoms with Gasteiger partial charge in [0.25, 0.3) is 0 Å². The van der Waals surface area contributed by atoms with Gasteiger partial charge in [-0.1, -0.05) is 182 Å². The molecule has 0 atom stereocenters. The van der Waals surface area contributed by atoms with Gasteiger partial charge < -0.3 is 9.47 Å². The number of hydrogen-bond donors (Lipinski definition) is 0. The van der Waals surface area contributed by atoms with Crippen LogP contribution in [0.2, 0.25) is 0 Å². The van der Waals surface area contributed by atoms with Crippen LogP contribution in [0.25, 0.3) is 69.1 Å². The van der Waals surface area contributed by atoms with Crippen molar-refractivity contribution in [2.45, 2.75) is 0 Å². The van der Waals surface area contributed by atoms with Gasteiger partial charge in [-0.3, -0.25) is 0 Å². The van der Waals surface area contributed by atoms with Crippen molar-refractivity contribution in [1.29, 1.82) is 0 Å². The van der Waals surface area contributed by atoms with E-state index in [1.165, 1.54) is 21.5 Å². The van der Waals surface area contributed by atoms with Gasteiger partial charge in [0.15, 0.2) is 0 Å². The first kappa shape index (κ1) is 39.5. The Morgan fingerprint density at radius 1 is 0.290 bits per heavy atom. The Kier molecular flexibility index (Phi) is 11.8. The highest BCUT2D eigenvalue weighted by molar-refractivity contribution is 6.02. The van der Waals surface area contributed by atoms with Crippen LogP contribution in [-0.2, 0) is 0 Å². The second-order valence-corrected chi connectivity index (χ2v) is 15.3. The molecule has 9 aromatic carbocycles. The molecule has 9 rings (SSSR count). The molecule has 0 aliphatic rings. The molecule has 0 radical (unpaired) electrons. The molecule has 0 aliphatic carbocycles. The predicted octanol–water partition coefficient (Wildman–Crippen LogP) is 15.5. The molecule has 2 heteroatoms. The SMILES string of the molecule is COc1ccc(C=Cc2cc3cc4ccccc4cc3cc2C=Cc2ccc(OC)cc2C=C(c2ccccc2)c2ccccc2)c(C=C(c2ccccc2)c2ccccc2)c1. The Bertz CT molecular complexity index is 2810. The summed E-state index contributed by atoms with van der Waals surface area (Å²) in [4.78, 5) is 0. The fourth-order valence-corrected chi connectivity index (χ4v) is 8.04. The first-order valence-electron chi connectivity index (χ1n) is 21.0. The summed E-state index contributed by atoms with van der Waals surface area (Å²) in [7, 11) is 3.44.